The summed E-state index contributed by atoms with van der Waals surface area (Å²) in [4.78, 5) is 11.4. The van der Waals surface area contributed by atoms with Crippen LogP contribution in [0.3, 0.4) is 0 Å². The van der Waals surface area contributed by atoms with Gasteiger partial charge in [0, 0.05) is 6.08 Å². The standard InChI is InChI=1S/C17H17N3O2S/c18-17(23)20-19-16(21)11-8-13-6-9-15(10-7-13)22-12-14-4-2-1-3-5-14/h1-11H,12H2,(H,19,21)(H3,18,20,23)/b11-8+. The summed E-state index contributed by atoms with van der Waals surface area (Å²) in [6.07, 6.45) is 3.06. The number of nitrogens with one attached hydrogen (secondary N) is 2. The fraction of sp³-hybridized carbons (Fsp3) is 0.0588. The van der Waals surface area contributed by atoms with E-state index >= 15 is 0 Å². The van der Waals surface area contributed by atoms with E-state index in [4.69, 9.17) is 10.5 Å². The minimum Gasteiger partial charge on any atom is -0.489 e. The van der Waals surface area contributed by atoms with Gasteiger partial charge in [-0.2, -0.15) is 0 Å². The Morgan fingerprint density at radius 2 is 1.78 bits per heavy atom. The molecule has 0 aliphatic rings. The molecule has 2 aromatic carbocycles. The molecule has 1 amide bonds. The number of nitrogens with two attached hydrogens (primary N) is 1. The minimum absolute atomic E-state index is 0.00617. The predicted molar refractivity (Wildman–Crippen MR) is 94.3 cm³/mol. The number of hydrogen-bond donors (Lipinski definition) is 3. The van der Waals surface area contributed by atoms with Crippen LogP contribution in [0.5, 0.6) is 5.75 Å². The van der Waals surface area contributed by atoms with E-state index in [1.165, 1.54) is 6.08 Å². The second-order valence-corrected chi connectivity index (χ2v) is 5.09. The molecular weight excluding hydrogens is 310 g/mol. The maximum Gasteiger partial charge on any atom is 0.262 e. The highest BCUT2D eigenvalue weighted by atomic mass is 32.1. The first kappa shape index (κ1) is 16.5. The molecule has 0 spiro atoms. The largest absolute Gasteiger partial charge is 0.489 e. The van der Waals surface area contributed by atoms with E-state index < -0.39 is 0 Å². The molecule has 2 aromatic rings. The number of carbonyl (C=O) groups is 1. The van der Waals surface area contributed by atoms with Crippen LogP contribution in [0.4, 0.5) is 0 Å². The highest BCUT2D eigenvalue weighted by Crippen LogP contribution is 2.15. The number of amides is 1. The van der Waals surface area contributed by atoms with E-state index in [0.29, 0.717) is 6.61 Å². The highest BCUT2D eigenvalue weighted by molar-refractivity contribution is 7.80. The van der Waals surface area contributed by atoms with Crippen molar-refractivity contribution in [2.24, 2.45) is 5.73 Å². The van der Waals surface area contributed by atoms with Gasteiger partial charge in [-0.3, -0.25) is 15.6 Å². The lowest BCUT2D eigenvalue weighted by molar-refractivity contribution is -0.116. The third kappa shape index (κ3) is 6.19. The van der Waals surface area contributed by atoms with E-state index in [9.17, 15) is 4.79 Å². The minimum atomic E-state index is -0.345. The van der Waals surface area contributed by atoms with Gasteiger partial charge in [0.15, 0.2) is 5.11 Å². The van der Waals surface area contributed by atoms with Crippen LogP contribution in [-0.4, -0.2) is 11.0 Å². The maximum atomic E-state index is 11.4. The second-order valence-electron chi connectivity index (χ2n) is 4.66. The molecule has 0 heterocycles. The quantitative estimate of drug-likeness (QED) is 0.446. The second kappa shape index (κ2) is 8.55. The Morgan fingerprint density at radius 1 is 1.09 bits per heavy atom. The third-order valence-corrected chi connectivity index (χ3v) is 2.97. The molecule has 118 valence electrons. The summed E-state index contributed by atoms with van der Waals surface area (Å²) in [7, 11) is 0. The summed E-state index contributed by atoms with van der Waals surface area (Å²) in [5.41, 5.74) is 11.9. The Kier molecular flexibility index (Phi) is 6.14. The molecule has 0 saturated carbocycles. The first-order valence-corrected chi connectivity index (χ1v) is 7.34. The smallest absolute Gasteiger partial charge is 0.262 e. The summed E-state index contributed by atoms with van der Waals surface area (Å²) >= 11 is 4.58. The summed E-state index contributed by atoms with van der Waals surface area (Å²) in [5, 5.41) is 0.00617. The van der Waals surface area contributed by atoms with Crippen molar-refractivity contribution in [3.05, 3.63) is 71.8 Å². The molecule has 0 unspecified atom stereocenters. The number of carbonyl (C=O) groups excluding carboxylic acids is 1. The molecule has 0 radical (unpaired) electrons. The third-order valence-electron chi connectivity index (χ3n) is 2.86. The number of rotatable bonds is 5. The molecule has 0 aromatic heterocycles. The topological polar surface area (TPSA) is 76.4 Å². The van der Waals surface area contributed by atoms with Gasteiger partial charge in [0.25, 0.3) is 5.91 Å². The van der Waals surface area contributed by atoms with Crippen molar-refractivity contribution in [2.75, 3.05) is 0 Å². The van der Waals surface area contributed by atoms with Crippen LogP contribution in [0.1, 0.15) is 11.1 Å². The molecule has 0 aliphatic heterocycles. The monoisotopic (exact) mass is 327 g/mol. The SMILES string of the molecule is NC(=S)NNC(=O)/C=C/c1ccc(OCc2ccccc2)cc1. The van der Waals surface area contributed by atoms with Crippen molar-refractivity contribution in [3.8, 4) is 5.75 Å². The molecule has 6 heteroatoms. The van der Waals surface area contributed by atoms with Gasteiger partial charge < -0.3 is 10.5 Å². The summed E-state index contributed by atoms with van der Waals surface area (Å²) in [6, 6.07) is 17.4. The zero-order chi connectivity index (χ0) is 16.5. The van der Waals surface area contributed by atoms with E-state index in [1.807, 2.05) is 54.6 Å². The number of hydrogen-bond acceptors (Lipinski definition) is 3. The first-order valence-electron chi connectivity index (χ1n) is 6.94. The zero-order valence-corrected chi connectivity index (χ0v) is 13.2. The molecule has 0 atom stereocenters. The van der Waals surface area contributed by atoms with Gasteiger partial charge in [-0.15, -0.1) is 0 Å². The molecule has 4 N–H and O–H groups in total. The van der Waals surface area contributed by atoms with Crippen LogP contribution in [0, 0.1) is 0 Å². The maximum absolute atomic E-state index is 11.4. The van der Waals surface area contributed by atoms with Gasteiger partial charge in [-0.05, 0) is 41.6 Å². The van der Waals surface area contributed by atoms with Crippen molar-refractivity contribution in [1.29, 1.82) is 0 Å². The molecule has 0 aliphatic carbocycles. The van der Waals surface area contributed by atoms with Gasteiger partial charge >= 0.3 is 0 Å². The number of benzene rings is 2. The summed E-state index contributed by atoms with van der Waals surface area (Å²) in [5.74, 6) is 0.424. The molecular formula is C17H17N3O2S. The van der Waals surface area contributed by atoms with Crippen LogP contribution >= 0.6 is 12.2 Å². The summed E-state index contributed by atoms with van der Waals surface area (Å²) in [6.45, 7) is 0.517. The van der Waals surface area contributed by atoms with Crippen molar-refractivity contribution in [3.63, 3.8) is 0 Å². The lowest BCUT2D eigenvalue weighted by Crippen LogP contribution is -2.43. The average molecular weight is 327 g/mol. The number of hydrazine groups is 1. The number of thiocarbonyl (C=S) groups is 1. The van der Waals surface area contributed by atoms with Gasteiger partial charge in [0.05, 0.1) is 0 Å². The van der Waals surface area contributed by atoms with Crippen LogP contribution in [0.15, 0.2) is 60.7 Å². The van der Waals surface area contributed by atoms with Crippen molar-refractivity contribution >= 4 is 29.3 Å². The van der Waals surface area contributed by atoms with Crippen molar-refractivity contribution in [2.45, 2.75) is 6.61 Å². The molecule has 23 heavy (non-hydrogen) atoms. The molecule has 5 nitrogen and oxygen atoms in total. The Balaban J connectivity index is 1.84. The Morgan fingerprint density at radius 3 is 2.43 bits per heavy atom. The zero-order valence-electron chi connectivity index (χ0n) is 12.4. The van der Waals surface area contributed by atoms with Crippen LogP contribution in [-0.2, 0) is 11.4 Å². The fourth-order valence-corrected chi connectivity index (χ4v) is 1.80. The summed E-state index contributed by atoms with van der Waals surface area (Å²) < 4.78 is 5.70. The van der Waals surface area contributed by atoms with Crippen LogP contribution in [0.25, 0.3) is 6.08 Å². The first-order chi connectivity index (χ1) is 11.1. The van der Waals surface area contributed by atoms with Gasteiger partial charge in [-0.1, -0.05) is 42.5 Å². The van der Waals surface area contributed by atoms with Crippen molar-refractivity contribution in [1.82, 2.24) is 10.9 Å². The van der Waals surface area contributed by atoms with Gasteiger partial charge in [-0.25, -0.2) is 0 Å². The van der Waals surface area contributed by atoms with E-state index in [2.05, 4.69) is 23.1 Å². The molecule has 0 saturated heterocycles. The van der Waals surface area contributed by atoms with Crippen molar-refractivity contribution < 1.29 is 9.53 Å². The van der Waals surface area contributed by atoms with Gasteiger partial charge in [0.1, 0.15) is 12.4 Å². The van der Waals surface area contributed by atoms with Crippen LogP contribution in [0.2, 0.25) is 0 Å². The molecule has 0 fully saturated rings. The fourth-order valence-electron chi connectivity index (χ4n) is 1.75. The predicted octanol–water partition coefficient (Wildman–Crippen LogP) is 2.14. The van der Waals surface area contributed by atoms with Gasteiger partial charge in [0.2, 0.25) is 0 Å². The average Bonchev–Trinajstić information content (AvgIpc) is 2.58. The Labute approximate surface area is 140 Å². The normalized spacial score (nSPS) is 10.3. The van der Waals surface area contributed by atoms with Crippen LogP contribution < -0.4 is 21.3 Å². The van der Waals surface area contributed by atoms with E-state index in [1.54, 1.807) is 6.08 Å². The Hall–Kier alpha value is -2.86. The lowest BCUT2D eigenvalue weighted by Gasteiger charge is -2.06. The van der Waals surface area contributed by atoms with E-state index in [-0.39, 0.29) is 11.0 Å². The number of ether oxygens (including phenoxy) is 1. The Bertz CT molecular complexity index is 685. The lowest BCUT2D eigenvalue weighted by atomic mass is 10.2. The molecule has 0 bridgehead atoms. The molecule has 2 rings (SSSR count). The highest BCUT2D eigenvalue weighted by Gasteiger charge is 1.97. The van der Waals surface area contributed by atoms with E-state index in [0.717, 1.165) is 16.9 Å².